The van der Waals surface area contributed by atoms with Crippen molar-refractivity contribution in [1.82, 2.24) is 0 Å². The lowest BCUT2D eigenvalue weighted by Crippen LogP contribution is -1.97. The predicted molar refractivity (Wildman–Crippen MR) is 34.5 cm³/mol. The van der Waals surface area contributed by atoms with Crippen molar-refractivity contribution in [3.8, 4) is 0 Å². The van der Waals surface area contributed by atoms with Gasteiger partial charge in [-0.3, -0.25) is 0 Å². The number of carbonyl (C=O) groups is 1. The maximum Gasteiger partial charge on any atom is 0.341 e. The van der Waals surface area contributed by atoms with Gasteiger partial charge in [-0.15, -0.1) is 0 Å². The Morgan fingerprint density at radius 3 is 2.40 bits per heavy atom. The number of hydrogen-bond acceptors (Lipinski definition) is 4. The molecule has 10 heavy (non-hydrogen) atoms. The number of hydrogen-bond donors (Lipinski definition) is 3. The van der Waals surface area contributed by atoms with Crippen molar-refractivity contribution in [1.29, 1.82) is 0 Å². The lowest BCUT2D eigenvalue weighted by molar-refractivity contribution is 0.0697. The van der Waals surface area contributed by atoms with Gasteiger partial charge in [-0.05, 0) is 0 Å². The van der Waals surface area contributed by atoms with Gasteiger partial charge in [-0.25, -0.2) is 4.79 Å². The maximum atomic E-state index is 10.2. The molecular weight excluding hydrogens is 136 g/mol. The van der Waals surface area contributed by atoms with Gasteiger partial charge in [0, 0.05) is 6.07 Å². The molecule has 0 aliphatic heterocycles. The Morgan fingerprint density at radius 1 is 1.60 bits per heavy atom. The Kier molecular flexibility index (Phi) is 1.26. The summed E-state index contributed by atoms with van der Waals surface area (Å²) in [5.74, 6) is -1.29. The van der Waals surface area contributed by atoms with Crippen LogP contribution < -0.4 is 11.5 Å². The highest BCUT2D eigenvalue weighted by Crippen LogP contribution is 2.18. The van der Waals surface area contributed by atoms with Crippen LogP contribution >= 0.6 is 0 Å². The van der Waals surface area contributed by atoms with Crippen LogP contribution in [0.4, 0.5) is 11.8 Å². The normalized spacial score (nSPS) is 9.60. The van der Waals surface area contributed by atoms with Crippen molar-refractivity contribution in [2.45, 2.75) is 0 Å². The summed E-state index contributed by atoms with van der Waals surface area (Å²) in [6.45, 7) is 0. The molecule has 0 atom stereocenters. The first kappa shape index (κ1) is 6.47. The summed E-state index contributed by atoms with van der Waals surface area (Å²) < 4.78 is 4.55. The summed E-state index contributed by atoms with van der Waals surface area (Å²) in [7, 11) is 0. The van der Waals surface area contributed by atoms with Gasteiger partial charge in [0.15, 0.2) is 5.88 Å². The molecule has 1 rings (SSSR count). The Balaban J connectivity index is 3.15. The minimum atomic E-state index is -1.14. The molecule has 0 saturated carbocycles. The van der Waals surface area contributed by atoms with Gasteiger partial charge in [-0.1, -0.05) is 0 Å². The number of carboxylic acids is 1. The van der Waals surface area contributed by atoms with Crippen LogP contribution in [-0.2, 0) is 0 Å². The standard InChI is InChI=1S/C5H6N2O3/c6-3-1-2(5(8)9)4(7)10-3/h1H,6-7H2,(H,8,9). The van der Waals surface area contributed by atoms with Crippen LogP contribution in [0.1, 0.15) is 10.4 Å². The molecule has 0 saturated heterocycles. The highest BCUT2D eigenvalue weighted by atomic mass is 16.4. The SMILES string of the molecule is Nc1cc(C(=O)O)c(N)o1. The van der Waals surface area contributed by atoms with E-state index in [0.29, 0.717) is 0 Å². The smallest absolute Gasteiger partial charge is 0.341 e. The summed E-state index contributed by atoms with van der Waals surface area (Å²) in [6.07, 6.45) is 0. The highest BCUT2D eigenvalue weighted by Gasteiger charge is 2.12. The van der Waals surface area contributed by atoms with E-state index < -0.39 is 5.97 Å². The third-order valence-electron chi connectivity index (χ3n) is 1.01. The Hall–Kier alpha value is -1.65. The van der Waals surface area contributed by atoms with E-state index in [9.17, 15) is 4.79 Å². The van der Waals surface area contributed by atoms with E-state index in [4.69, 9.17) is 16.6 Å². The lowest BCUT2D eigenvalue weighted by atomic mass is 10.3. The van der Waals surface area contributed by atoms with Crippen molar-refractivity contribution in [3.05, 3.63) is 11.6 Å². The topological polar surface area (TPSA) is 102 Å². The third-order valence-corrected chi connectivity index (χ3v) is 1.01. The minimum Gasteiger partial charge on any atom is -0.477 e. The zero-order chi connectivity index (χ0) is 7.72. The monoisotopic (exact) mass is 142 g/mol. The van der Waals surface area contributed by atoms with E-state index in [1.54, 1.807) is 0 Å². The number of aromatic carboxylic acids is 1. The first-order chi connectivity index (χ1) is 4.61. The molecule has 0 unspecified atom stereocenters. The molecule has 1 heterocycles. The van der Waals surface area contributed by atoms with E-state index >= 15 is 0 Å². The fraction of sp³-hybridized carbons (Fsp3) is 0. The van der Waals surface area contributed by atoms with Crippen molar-refractivity contribution >= 4 is 17.7 Å². The molecule has 0 fully saturated rings. The zero-order valence-corrected chi connectivity index (χ0v) is 5.00. The van der Waals surface area contributed by atoms with Gasteiger partial charge in [0.1, 0.15) is 5.56 Å². The lowest BCUT2D eigenvalue weighted by Gasteiger charge is -1.85. The molecule has 5 nitrogen and oxygen atoms in total. The molecule has 5 N–H and O–H groups in total. The van der Waals surface area contributed by atoms with Crippen LogP contribution in [0, 0.1) is 0 Å². The van der Waals surface area contributed by atoms with Gasteiger partial charge >= 0.3 is 5.97 Å². The molecule has 5 heteroatoms. The fourth-order valence-electron chi connectivity index (χ4n) is 0.592. The number of nitrogen functional groups attached to an aromatic ring is 2. The summed E-state index contributed by atoms with van der Waals surface area (Å²) >= 11 is 0. The molecule has 1 aromatic rings. The second-order valence-corrected chi connectivity index (χ2v) is 1.73. The van der Waals surface area contributed by atoms with E-state index in [1.807, 2.05) is 0 Å². The molecule has 0 aliphatic carbocycles. The summed E-state index contributed by atoms with van der Waals surface area (Å²) in [4.78, 5) is 10.2. The number of anilines is 2. The van der Waals surface area contributed by atoms with Crippen LogP contribution in [0.15, 0.2) is 10.5 Å². The molecule has 0 bridgehead atoms. The van der Waals surface area contributed by atoms with Crippen molar-refractivity contribution < 1.29 is 14.3 Å². The number of rotatable bonds is 1. The molecule has 0 amide bonds. The van der Waals surface area contributed by atoms with Crippen LogP contribution in [0.2, 0.25) is 0 Å². The Labute approximate surface area is 56.2 Å². The largest absolute Gasteiger partial charge is 0.477 e. The van der Waals surface area contributed by atoms with E-state index in [2.05, 4.69) is 4.42 Å². The van der Waals surface area contributed by atoms with Crippen LogP contribution in [0.3, 0.4) is 0 Å². The van der Waals surface area contributed by atoms with Crippen molar-refractivity contribution in [3.63, 3.8) is 0 Å². The van der Waals surface area contributed by atoms with Crippen LogP contribution in [0.25, 0.3) is 0 Å². The van der Waals surface area contributed by atoms with Crippen LogP contribution in [0.5, 0.6) is 0 Å². The average molecular weight is 142 g/mol. The van der Waals surface area contributed by atoms with Crippen LogP contribution in [-0.4, -0.2) is 11.1 Å². The molecule has 0 aromatic carbocycles. The van der Waals surface area contributed by atoms with E-state index in [1.165, 1.54) is 0 Å². The molecular formula is C5H6N2O3. The Bertz CT molecular complexity index is 266. The minimum absolute atomic E-state index is 0.00917. The molecule has 0 spiro atoms. The third kappa shape index (κ3) is 0.883. The first-order valence-electron chi connectivity index (χ1n) is 2.49. The predicted octanol–water partition coefficient (Wildman–Crippen LogP) is 0.142. The van der Waals surface area contributed by atoms with Gasteiger partial charge in [0.25, 0.3) is 0 Å². The number of carboxylic acid groups (broad SMARTS) is 1. The summed E-state index contributed by atoms with van der Waals surface area (Å²) in [5.41, 5.74) is 10.1. The zero-order valence-electron chi connectivity index (χ0n) is 5.00. The van der Waals surface area contributed by atoms with Gasteiger partial charge in [0.2, 0.25) is 5.88 Å². The fourth-order valence-corrected chi connectivity index (χ4v) is 0.592. The summed E-state index contributed by atoms with van der Waals surface area (Å²) in [6, 6.07) is 1.16. The van der Waals surface area contributed by atoms with E-state index in [-0.39, 0.29) is 17.3 Å². The second kappa shape index (κ2) is 1.94. The average Bonchev–Trinajstić information content (AvgIpc) is 2.10. The molecule has 54 valence electrons. The van der Waals surface area contributed by atoms with E-state index in [0.717, 1.165) is 6.07 Å². The molecule has 0 radical (unpaired) electrons. The molecule has 1 aromatic heterocycles. The first-order valence-corrected chi connectivity index (χ1v) is 2.49. The second-order valence-electron chi connectivity index (χ2n) is 1.73. The van der Waals surface area contributed by atoms with Crippen molar-refractivity contribution in [2.75, 3.05) is 11.5 Å². The quantitative estimate of drug-likeness (QED) is 0.517. The van der Waals surface area contributed by atoms with Gasteiger partial charge < -0.3 is 21.0 Å². The maximum absolute atomic E-state index is 10.2. The Morgan fingerprint density at radius 2 is 2.20 bits per heavy atom. The van der Waals surface area contributed by atoms with Gasteiger partial charge in [0.05, 0.1) is 0 Å². The number of furan rings is 1. The number of nitrogens with two attached hydrogens (primary N) is 2. The molecule has 0 aliphatic rings. The van der Waals surface area contributed by atoms with Gasteiger partial charge in [-0.2, -0.15) is 0 Å². The van der Waals surface area contributed by atoms with Crippen molar-refractivity contribution in [2.24, 2.45) is 0 Å². The summed E-state index contributed by atoms with van der Waals surface area (Å²) in [5, 5.41) is 8.38. The highest BCUT2D eigenvalue weighted by molar-refractivity contribution is 5.93.